The molecule has 1 heterocycles. The number of aldehydes is 1. The van der Waals surface area contributed by atoms with E-state index in [-0.39, 0.29) is 35.3 Å². The number of amides is 3. The van der Waals surface area contributed by atoms with E-state index in [0.717, 1.165) is 86.6 Å². The second-order valence-electron chi connectivity index (χ2n) is 16.6. The Kier molecular flexibility index (Phi) is 19.5. The van der Waals surface area contributed by atoms with Gasteiger partial charge >= 0.3 is 0 Å². The molecule has 1 fully saturated rings. The van der Waals surface area contributed by atoms with Gasteiger partial charge in [-0.15, -0.1) is 0 Å². The number of benzene rings is 3. The van der Waals surface area contributed by atoms with Crippen molar-refractivity contribution in [2.45, 2.75) is 120 Å². The number of nitrogens with one attached hydrogen (secondary N) is 2. The molecular formula is C50H65N5O6S. The molecule has 0 bridgehead atoms. The molecule has 0 saturated heterocycles. The van der Waals surface area contributed by atoms with E-state index in [1.54, 1.807) is 36.3 Å². The van der Waals surface area contributed by atoms with Crippen LogP contribution in [-0.4, -0.2) is 86.0 Å². The maximum Gasteiger partial charge on any atom is 0.262 e. The van der Waals surface area contributed by atoms with Crippen LogP contribution in [0.1, 0.15) is 135 Å². The molecule has 1 saturated carbocycles. The van der Waals surface area contributed by atoms with Crippen molar-refractivity contribution in [2.75, 3.05) is 38.7 Å². The maximum absolute atomic E-state index is 13.0. The quantitative estimate of drug-likeness (QED) is 0.0222. The molecule has 0 radical (unpaired) electrons. The van der Waals surface area contributed by atoms with Gasteiger partial charge in [-0.05, 0) is 130 Å². The van der Waals surface area contributed by atoms with Crippen LogP contribution in [0.2, 0.25) is 0 Å². The number of allylic oxidation sites excluding steroid dienone is 1. The van der Waals surface area contributed by atoms with Crippen LogP contribution in [0, 0.1) is 0 Å². The summed E-state index contributed by atoms with van der Waals surface area (Å²) >= 11 is 1.70. The zero-order chi connectivity index (χ0) is 44.2. The zero-order valence-electron chi connectivity index (χ0n) is 36.9. The second kappa shape index (κ2) is 25.1. The Labute approximate surface area is 372 Å². The number of carbonyl (C=O) groups is 4. The van der Waals surface area contributed by atoms with Crippen LogP contribution in [0.15, 0.2) is 88.4 Å². The molecule has 1 unspecified atom stereocenters. The van der Waals surface area contributed by atoms with Gasteiger partial charge in [0.25, 0.3) is 11.8 Å². The van der Waals surface area contributed by atoms with Crippen molar-refractivity contribution in [3.05, 3.63) is 107 Å². The Bertz CT molecular complexity index is 1990. The van der Waals surface area contributed by atoms with E-state index in [1.165, 1.54) is 49.4 Å². The molecule has 1 aliphatic heterocycles. The van der Waals surface area contributed by atoms with Gasteiger partial charge in [0, 0.05) is 55.8 Å². The third-order valence-electron chi connectivity index (χ3n) is 11.5. The summed E-state index contributed by atoms with van der Waals surface area (Å²) in [5, 5.41) is 6.49. The molecule has 3 aromatic rings. The maximum atomic E-state index is 13.0. The second-order valence-corrected chi connectivity index (χ2v) is 17.7. The molecule has 2 aliphatic rings. The van der Waals surface area contributed by atoms with E-state index < -0.39 is 17.9 Å². The molecule has 1 aliphatic carbocycles. The summed E-state index contributed by atoms with van der Waals surface area (Å²) in [6, 6.07) is 21.6. The average Bonchev–Trinajstić information content (AvgIpc) is 4.09. The Morgan fingerprint density at radius 3 is 2.18 bits per heavy atom. The first kappa shape index (κ1) is 48.0. The van der Waals surface area contributed by atoms with Gasteiger partial charge in [-0.2, -0.15) is 0 Å². The largest absolute Gasteiger partial charge is 0.494 e. The van der Waals surface area contributed by atoms with Crippen molar-refractivity contribution in [3.8, 4) is 5.75 Å². The van der Waals surface area contributed by atoms with Gasteiger partial charge in [0.2, 0.25) is 5.91 Å². The summed E-state index contributed by atoms with van der Waals surface area (Å²) in [5.41, 5.74) is 6.06. The molecule has 11 nitrogen and oxygen atoms in total. The molecule has 0 spiro atoms. The number of aryl methyl sites for hydroxylation is 1. The number of rotatable bonds is 30. The van der Waals surface area contributed by atoms with Crippen molar-refractivity contribution in [2.24, 2.45) is 9.39 Å². The average molecular weight is 864 g/mol. The van der Waals surface area contributed by atoms with Gasteiger partial charge in [0.15, 0.2) is 0 Å². The summed E-state index contributed by atoms with van der Waals surface area (Å²) in [5.74, 6) is -0.361. The fourth-order valence-corrected chi connectivity index (χ4v) is 8.09. The van der Waals surface area contributed by atoms with Crippen LogP contribution in [0.3, 0.4) is 0 Å². The molecule has 332 valence electrons. The molecule has 5 rings (SSSR count). The first-order valence-electron chi connectivity index (χ1n) is 22.3. The molecular weight excluding hydrogens is 799 g/mol. The van der Waals surface area contributed by atoms with E-state index in [4.69, 9.17) is 13.9 Å². The Morgan fingerprint density at radius 1 is 0.871 bits per heavy atom. The summed E-state index contributed by atoms with van der Waals surface area (Å²) in [6.07, 6.45) is 17.3. The molecule has 62 heavy (non-hydrogen) atoms. The monoisotopic (exact) mass is 863 g/mol. The molecule has 3 aromatic carbocycles. The van der Waals surface area contributed by atoms with Gasteiger partial charge in [-0.25, -0.2) is 4.40 Å². The van der Waals surface area contributed by atoms with Crippen LogP contribution < -0.4 is 15.4 Å². The lowest BCUT2D eigenvalue weighted by Crippen LogP contribution is -2.41. The lowest BCUT2D eigenvalue weighted by atomic mass is 9.78. The van der Waals surface area contributed by atoms with E-state index in [0.29, 0.717) is 24.7 Å². The zero-order valence-corrected chi connectivity index (χ0v) is 37.7. The number of anilines is 1. The molecule has 12 heteroatoms. The van der Waals surface area contributed by atoms with Gasteiger partial charge in [-0.3, -0.25) is 24.3 Å². The number of carbonyl (C=O) groups excluding carboxylic acids is 4. The number of hydrogen-bond donors (Lipinski definition) is 2. The highest BCUT2D eigenvalue weighted by molar-refractivity contribution is 7.99. The van der Waals surface area contributed by atoms with Crippen molar-refractivity contribution < 1.29 is 28.7 Å². The van der Waals surface area contributed by atoms with Crippen LogP contribution in [0.25, 0.3) is 0 Å². The van der Waals surface area contributed by atoms with Crippen molar-refractivity contribution in [3.63, 3.8) is 0 Å². The molecule has 1 atom stereocenters. The Hall–Kier alpha value is -5.07. The summed E-state index contributed by atoms with van der Waals surface area (Å²) < 4.78 is 16.7. The molecule has 2 N–H and O–H groups in total. The van der Waals surface area contributed by atoms with Crippen LogP contribution in [0.4, 0.5) is 5.69 Å². The standard InChI is InChI=1S/C50H65N5O6S/c1-50(2,38-16-13-37(14-17-38)15-20-40(29-31-51-3)54-62-44-25-26-44)39-18-23-43(24-19-39)61-34-11-8-6-5-7-10-32-60-33-12-9-30-53-41-21-27-45-46(35-41)49(59)55(48(45)58)42(36-56)22-28-47(57)52-4/h13-14,16-19,21,23-24,27,29,31,35-36,42,44,53H,3,5-12,15,20,22,25-26,28,30,32-34H2,1-2,4H3,(H,52,57)/b31-29-,54-40-. The third-order valence-corrected chi connectivity index (χ3v) is 12.6. The highest BCUT2D eigenvalue weighted by atomic mass is 32.2. The summed E-state index contributed by atoms with van der Waals surface area (Å²) in [7, 11) is 1.50. The highest BCUT2D eigenvalue weighted by Gasteiger charge is 2.40. The van der Waals surface area contributed by atoms with E-state index >= 15 is 0 Å². The molecule has 3 amide bonds. The lowest BCUT2D eigenvalue weighted by Gasteiger charge is -2.26. The summed E-state index contributed by atoms with van der Waals surface area (Å²) in [6.45, 7) is 11.0. The minimum atomic E-state index is -0.983. The normalized spacial score (nSPS) is 14.6. The van der Waals surface area contributed by atoms with Crippen molar-refractivity contribution in [1.82, 2.24) is 10.2 Å². The van der Waals surface area contributed by atoms with Crippen molar-refractivity contribution >= 4 is 54.1 Å². The van der Waals surface area contributed by atoms with Crippen molar-refractivity contribution in [1.29, 1.82) is 0 Å². The topological polar surface area (TPSA) is 139 Å². The predicted molar refractivity (Wildman–Crippen MR) is 252 cm³/mol. The van der Waals surface area contributed by atoms with E-state index in [9.17, 15) is 19.2 Å². The fourth-order valence-electron chi connectivity index (χ4n) is 7.31. The first-order chi connectivity index (χ1) is 30.1. The van der Waals surface area contributed by atoms with Crippen LogP contribution in [0.5, 0.6) is 5.75 Å². The number of nitrogens with zero attached hydrogens (tertiary/aromatic N) is 3. The number of hydrogen-bond acceptors (Lipinski definition) is 10. The number of aliphatic imine (C=N–C) groups is 1. The minimum Gasteiger partial charge on any atom is -0.494 e. The third kappa shape index (κ3) is 14.8. The number of ether oxygens (including phenoxy) is 2. The molecule has 0 aromatic heterocycles. The number of imide groups is 1. The van der Waals surface area contributed by atoms with Gasteiger partial charge in [0.05, 0.1) is 29.5 Å². The van der Waals surface area contributed by atoms with Gasteiger partial charge in [-0.1, -0.05) is 75.9 Å². The predicted octanol–water partition coefficient (Wildman–Crippen LogP) is 9.73. The van der Waals surface area contributed by atoms with Crippen LogP contribution in [-0.2, 0) is 26.2 Å². The Morgan fingerprint density at radius 2 is 1.52 bits per heavy atom. The highest BCUT2D eigenvalue weighted by Crippen LogP contribution is 2.35. The number of unbranched alkanes of at least 4 members (excludes halogenated alkanes) is 6. The van der Waals surface area contributed by atoms with Crippen LogP contribution >= 0.6 is 11.9 Å². The summed E-state index contributed by atoms with van der Waals surface area (Å²) in [4.78, 5) is 54.1. The Balaban J connectivity index is 0.873. The minimum absolute atomic E-state index is 0.0444. The smallest absolute Gasteiger partial charge is 0.262 e. The fraction of sp³-hybridized carbons (Fsp3) is 0.480. The van der Waals surface area contributed by atoms with Gasteiger partial charge < -0.3 is 24.9 Å². The lowest BCUT2D eigenvalue weighted by molar-refractivity contribution is -0.121. The van der Waals surface area contributed by atoms with E-state index in [1.807, 2.05) is 6.08 Å². The SMILES string of the molecule is C=N/C=C\C(CCc1ccc(C(C)(C)c2ccc(OCCCCCCCCOCCCCNc3ccc4c(c3)C(=O)N(C(C=O)CCC(=O)NC)C4=O)cc2)cc1)=N/SC1CC1. The van der Waals surface area contributed by atoms with E-state index in [2.05, 4.69) is 84.7 Å². The number of fused-ring (bicyclic) bond motifs is 1. The van der Waals surface area contributed by atoms with Gasteiger partial charge in [0.1, 0.15) is 12.0 Å². The first-order valence-corrected chi connectivity index (χ1v) is 23.2.